The SMILES string of the molecule is CN1CCN(c2c(NCc3ccc4nccnc4c3)cncc2C(F)(F)F)CC1. The molecule has 1 N–H and O–H groups in total. The molecule has 0 bridgehead atoms. The number of piperazine rings is 1. The quantitative estimate of drug-likeness (QED) is 0.722. The van der Waals surface area contributed by atoms with Crippen LogP contribution >= 0.6 is 0 Å². The predicted molar refractivity (Wildman–Crippen MR) is 106 cm³/mol. The number of anilines is 2. The molecule has 0 aliphatic carbocycles. The highest BCUT2D eigenvalue weighted by molar-refractivity contribution is 5.76. The van der Waals surface area contributed by atoms with E-state index >= 15 is 0 Å². The number of alkyl halides is 3. The monoisotopic (exact) mass is 402 g/mol. The van der Waals surface area contributed by atoms with Crippen LogP contribution in [0.4, 0.5) is 24.5 Å². The first-order valence-electron chi connectivity index (χ1n) is 9.34. The van der Waals surface area contributed by atoms with Gasteiger partial charge in [-0.05, 0) is 24.7 Å². The lowest BCUT2D eigenvalue weighted by atomic mass is 10.1. The van der Waals surface area contributed by atoms with Crippen molar-refractivity contribution < 1.29 is 13.2 Å². The summed E-state index contributed by atoms with van der Waals surface area (Å²) < 4.78 is 41.0. The summed E-state index contributed by atoms with van der Waals surface area (Å²) in [6.07, 6.45) is 1.13. The van der Waals surface area contributed by atoms with Crippen molar-refractivity contribution in [3.05, 3.63) is 54.1 Å². The molecule has 1 aliphatic rings. The minimum Gasteiger partial charge on any atom is -0.378 e. The van der Waals surface area contributed by atoms with Crippen LogP contribution in [0.5, 0.6) is 0 Å². The van der Waals surface area contributed by atoms with Gasteiger partial charge in [-0.1, -0.05) is 6.07 Å². The first kappa shape index (κ1) is 19.4. The number of rotatable bonds is 4. The molecule has 0 unspecified atom stereocenters. The number of halogens is 3. The lowest BCUT2D eigenvalue weighted by molar-refractivity contribution is -0.137. The average molecular weight is 402 g/mol. The van der Waals surface area contributed by atoms with E-state index in [-0.39, 0.29) is 5.69 Å². The van der Waals surface area contributed by atoms with E-state index in [2.05, 4.69) is 25.2 Å². The zero-order valence-corrected chi connectivity index (χ0v) is 15.9. The maximum Gasteiger partial charge on any atom is 0.419 e. The number of benzene rings is 1. The van der Waals surface area contributed by atoms with Crippen LogP contribution in [0.3, 0.4) is 0 Å². The maximum absolute atomic E-state index is 13.7. The van der Waals surface area contributed by atoms with Crippen LogP contribution in [0.25, 0.3) is 11.0 Å². The Morgan fingerprint density at radius 1 is 1.00 bits per heavy atom. The summed E-state index contributed by atoms with van der Waals surface area (Å²) in [5, 5.41) is 3.15. The molecule has 0 saturated carbocycles. The Morgan fingerprint density at radius 3 is 2.45 bits per heavy atom. The molecule has 9 heteroatoms. The van der Waals surface area contributed by atoms with Gasteiger partial charge >= 0.3 is 6.18 Å². The zero-order chi connectivity index (χ0) is 20.4. The number of nitrogens with one attached hydrogen (secondary N) is 1. The van der Waals surface area contributed by atoms with Crippen molar-refractivity contribution in [1.29, 1.82) is 0 Å². The second-order valence-electron chi connectivity index (χ2n) is 7.10. The molecule has 3 aromatic rings. The molecule has 1 aliphatic heterocycles. The van der Waals surface area contributed by atoms with Crippen molar-refractivity contribution in [2.75, 3.05) is 43.4 Å². The van der Waals surface area contributed by atoms with Gasteiger partial charge in [0.1, 0.15) is 0 Å². The van der Waals surface area contributed by atoms with Crippen LogP contribution in [0.2, 0.25) is 0 Å². The first-order chi connectivity index (χ1) is 13.9. The fourth-order valence-electron chi connectivity index (χ4n) is 3.48. The third kappa shape index (κ3) is 4.24. The van der Waals surface area contributed by atoms with E-state index in [4.69, 9.17) is 0 Å². The van der Waals surface area contributed by atoms with E-state index in [1.807, 2.05) is 25.2 Å². The fraction of sp³-hybridized carbons (Fsp3) is 0.350. The van der Waals surface area contributed by atoms with Crippen molar-refractivity contribution in [3.8, 4) is 0 Å². The number of hydrogen-bond acceptors (Lipinski definition) is 6. The van der Waals surface area contributed by atoms with E-state index < -0.39 is 11.7 Å². The Labute approximate surface area is 166 Å². The minimum atomic E-state index is -4.47. The number of hydrogen-bond donors (Lipinski definition) is 1. The number of aromatic nitrogens is 3. The second kappa shape index (κ2) is 7.82. The molecule has 4 rings (SSSR count). The van der Waals surface area contributed by atoms with Crippen molar-refractivity contribution in [1.82, 2.24) is 19.9 Å². The lowest BCUT2D eigenvalue weighted by Crippen LogP contribution is -2.45. The molecular weight excluding hydrogens is 381 g/mol. The summed E-state index contributed by atoms with van der Waals surface area (Å²) in [5.41, 5.74) is 2.25. The van der Waals surface area contributed by atoms with E-state index in [9.17, 15) is 13.2 Å². The molecule has 3 heterocycles. The number of nitrogens with zero attached hydrogens (tertiary/aromatic N) is 5. The van der Waals surface area contributed by atoms with Crippen LogP contribution < -0.4 is 10.2 Å². The smallest absolute Gasteiger partial charge is 0.378 e. The highest BCUT2D eigenvalue weighted by Crippen LogP contribution is 2.40. The third-order valence-electron chi connectivity index (χ3n) is 5.06. The molecule has 0 amide bonds. The molecule has 152 valence electrons. The van der Waals surface area contributed by atoms with Crippen LogP contribution in [-0.4, -0.2) is 53.1 Å². The van der Waals surface area contributed by atoms with Gasteiger partial charge in [-0.3, -0.25) is 15.0 Å². The van der Waals surface area contributed by atoms with Crippen molar-refractivity contribution in [3.63, 3.8) is 0 Å². The van der Waals surface area contributed by atoms with Crippen molar-refractivity contribution in [2.24, 2.45) is 0 Å². The van der Waals surface area contributed by atoms with E-state index in [0.29, 0.717) is 38.4 Å². The van der Waals surface area contributed by atoms with Crippen LogP contribution in [0.1, 0.15) is 11.1 Å². The summed E-state index contributed by atoms with van der Waals surface area (Å²) in [5.74, 6) is 0. The molecule has 2 aromatic heterocycles. The number of fused-ring (bicyclic) bond motifs is 1. The van der Waals surface area contributed by atoms with E-state index in [1.165, 1.54) is 6.20 Å². The molecule has 1 fully saturated rings. The average Bonchev–Trinajstić information content (AvgIpc) is 2.72. The summed E-state index contributed by atoms with van der Waals surface area (Å²) in [6.45, 7) is 2.84. The molecule has 0 radical (unpaired) electrons. The summed E-state index contributed by atoms with van der Waals surface area (Å²) >= 11 is 0. The van der Waals surface area contributed by atoms with Crippen LogP contribution in [0.15, 0.2) is 43.0 Å². The van der Waals surface area contributed by atoms with Gasteiger partial charge in [-0.2, -0.15) is 13.2 Å². The Balaban J connectivity index is 1.63. The van der Waals surface area contributed by atoms with Crippen LogP contribution in [-0.2, 0) is 12.7 Å². The van der Waals surface area contributed by atoms with Gasteiger partial charge in [0.05, 0.1) is 34.2 Å². The standard InChI is InChI=1S/C20H21F3N6/c1-28-6-8-29(9-7-28)19-15(20(21,22)23)12-24-13-18(19)27-11-14-2-3-16-17(10-14)26-5-4-25-16/h2-5,10,12-13,27H,6-9,11H2,1H3. The molecule has 0 spiro atoms. The maximum atomic E-state index is 13.7. The predicted octanol–water partition coefficient (Wildman–Crippen LogP) is 3.41. The largest absolute Gasteiger partial charge is 0.419 e. The topological polar surface area (TPSA) is 57.2 Å². The van der Waals surface area contributed by atoms with Gasteiger partial charge in [0.2, 0.25) is 0 Å². The lowest BCUT2D eigenvalue weighted by Gasteiger charge is -2.36. The fourth-order valence-corrected chi connectivity index (χ4v) is 3.48. The molecule has 0 atom stereocenters. The molecule has 6 nitrogen and oxygen atoms in total. The Hall–Kier alpha value is -2.94. The Morgan fingerprint density at radius 2 is 1.72 bits per heavy atom. The number of likely N-dealkylation sites (N-methyl/N-ethyl adjacent to an activating group) is 1. The van der Waals surface area contributed by atoms with Gasteiger partial charge in [0.15, 0.2) is 0 Å². The Bertz CT molecular complexity index is 999. The minimum absolute atomic E-state index is 0.168. The van der Waals surface area contributed by atoms with Crippen molar-refractivity contribution in [2.45, 2.75) is 12.7 Å². The Kier molecular flexibility index (Phi) is 5.23. The van der Waals surface area contributed by atoms with Gasteiger partial charge < -0.3 is 15.1 Å². The molecule has 1 aromatic carbocycles. The molecule has 1 saturated heterocycles. The third-order valence-corrected chi connectivity index (χ3v) is 5.06. The first-order valence-corrected chi connectivity index (χ1v) is 9.34. The van der Waals surface area contributed by atoms with Gasteiger partial charge in [0.25, 0.3) is 0 Å². The molecular formula is C20H21F3N6. The zero-order valence-electron chi connectivity index (χ0n) is 15.9. The summed E-state index contributed by atoms with van der Waals surface area (Å²) in [7, 11) is 1.97. The second-order valence-corrected chi connectivity index (χ2v) is 7.10. The van der Waals surface area contributed by atoms with Gasteiger partial charge in [0, 0.05) is 51.3 Å². The van der Waals surface area contributed by atoms with E-state index in [0.717, 1.165) is 22.8 Å². The molecule has 29 heavy (non-hydrogen) atoms. The van der Waals surface area contributed by atoms with Crippen LogP contribution in [0, 0.1) is 0 Å². The number of pyridine rings is 1. The highest BCUT2D eigenvalue weighted by atomic mass is 19.4. The highest BCUT2D eigenvalue weighted by Gasteiger charge is 2.37. The van der Waals surface area contributed by atoms with Crippen molar-refractivity contribution >= 4 is 22.4 Å². The van der Waals surface area contributed by atoms with Gasteiger partial charge in [-0.15, -0.1) is 0 Å². The van der Waals surface area contributed by atoms with Gasteiger partial charge in [-0.25, -0.2) is 0 Å². The summed E-state index contributed by atoms with van der Waals surface area (Å²) in [6, 6.07) is 5.62. The van der Waals surface area contributed by atoms with E-state index in [1.54, 1.807) is 17.3 Å². The normalized spacial score (nSPS) is 15.7. The summed E-state index contributed by atoms with van der Waals surface area (Å²) in [4.78, 5) is 16.2.